The van der Waals surface area contributed by atoms with Crippen LogP contribution < -0.4 is 10.2 Å². The Bertz CT molecular complexity index is 645. The van der Waals surface area contributed by atoms with Crippen LogP contribution >= 0.6 is 19.3 Å². The molecule has 0 radical (unpaired) electrons. The van der Waals surface area contributed by atoms with Gasteiger partial charge in [0, 0.05) is 18.0 Å². The van der Waals surface area contributed by atoms with Crippen molar-refractivity contribution < 1.29 is 14.0 Å². The monoisotopic (exact) mass is 423 g/mol. The van der Waals surface area contributed by atoms with E-state index in [0.29, 0.717) is 5.69 Å². The van der Waals surface area contributed by atoms with Crippen molar-refractivity contribution in [3.05, 3.63) is 22.0 Å². The molecule has 0 aromatic carbocycles. The Labute approximate surface area is 165 Å². The number of nitrogens with one attached hydrogen (secondary N) is 2. The summed E-state index contributed by atoms with van der Waals surface area (Å²) in [6.07, 6.45) is 2.13. The number of hydrogen-bond acceptors (Lipinski definition) is 5. The van der Waals surface area contributed by atoms with Crippen LogP contribution in [0.5, 0.6) is 0 Å². The molecule has 3 atom stereocenters. The highest BCUT2D eigenvalue weighted by molar-refractivity contribution is 7.54. The summed E-state index contributed by atoms with van der Waals surface area (Å²) in [6.45, 7) is 9.96. The van der Waals surface area contributed by atoms with Gasteiger partial charge in [0.15, 0.2) is 0 Å². The van der Waals surface area contributed by atoms with Crippen LogP contribution in [-0.4, -0.2) is 32.4 Å². The molecule has 1 aromatic heterocycles. The van der Waals surface area contributed by atoms with E-state index in [1.807, 2.05) is 34.6 Å². The van der Waals surface area contributed by atoms with E-state index in [0.717, 1.165) is 6.42 Å². The fourth-order valence-corrected chi connectivity index (χ4v) is 5.34. The maximum Gasteiger partial charge on any atom is 0.434 e. The third-order valence-electron chi connectivity index (χ3n) is 4.50. The first-order valence-electron chi connectivity index (χ1n) is 9.05. The molecule has 0 aliphatic heterocycles. The molecule has 1 unspecified atom stereocenters. The van der Waals surface area contributed by atoms with Crippen LogP contribution in [0.4, 0.5) is 5.95 Å². The van der Waals surface area contributed by atoms with E-state index >= 15 is 0 Å². The van der Waals surface area contributed by atoms with E-state index in [1.54, 1.807) is 0 Å². The number of imidazole rings is 1. The molecule has 0 bridgehead atoms. The van der Waals surface area contributed by atoms with Crippen molar-refractivity contribution in [2.24, 2.45) is 18.9 Å². The Kier molecular flexibility index (Phi) is 9.38. The number of rotatable bonds is 12. The fraction of sp³-hybridized carbons (Fsp3) is 0.812. The number of alkyl halides is 1. The van der Waals surface area contributed by atoms with Gasteiger partial charge in [0.25, 0.3) is 0 Å². The number of halogens is 1. The average molecular weight is 424 g/mol. The minimum atomic E-state index is -3.47. The minimum absolute atomic E-state index is 0.0210. The van der Waals surface area contributed by atoms with Crippen LogP contribution in [0.25, 0.3) is 0 Å². The first-order valence-corrected chi connectivity index (χ1v) is 11.2. The van der Waals surface area contributed by atoms with Gasteiger partial charge in [-0.15, -0.1) is 11.6 Å². The van der Waals surface area contributed by atoms with Gasteiger partial charge in [0.1, 0.15) is 18.5 Å². The maximum absolute atomic E-state index is 13.5. The third-order valence-corrected chi connectivity index (χ3v) is 6.67. The number of nitro groups is 1. The van der Waals surface area contributed by atoms with Crippen molar-refractivity contribution in [3.63, 3.8) is 0 Å². The highest BCUT2D eigenvalue weighted by atomic mass is 35.5. The molecule has 0 spiro atoms. The topological polar surface area (TPSA) is 111 Å². The Morgan fingerprint density at radius 2 is 1.85 bits per heavy atom. The molecule has 0 fully saturated rings. The van der Waals surface area contributed by atoms with Crippen LogP contribution in [0, 0.1) is 22.0 Å². The lowest BCUT2D eigenvalue weighted by Gasteiger charge is -2.31. The van der Waals surface area contributed by atoms with Crippen LogP contribution in [0.3, 0.4) is 0 Å². The lowest BCUT2D eigenvalue weighted by atomic mass is 10.0. The van der Waals surface area contributed by atoms with E-state index in [2.05, 4.69) is 15.2 Å². The van der Waals surface area contributed by atoms with Gasteiger partial charge in [-0.05, 0) is 23.2 Å². The van der Waals surface area contributed by atoms with Crippen molar-refractivity contribution in [3.8, 4) is 0 Å². The van der Waals surface area contributed by atoms with Crippen LogP contribution in [0.15, 0.2) is 6.20 Å². The quantitative estimate of drug-likeness (QED) is 0.227. The molecule has 0 saturated heterocycles. The molecular weight excluding hydrogens is 393 g/mol. The molecule has 2 N–H and O–H groups in total. The van der Waals surface area contributed by atoms with Crippen LogP contribution in [0.1, 0.15) is 46.7 Å². The van der Waals surface area contributed by atoms with Gasteiger partial charge in [0.05, 0.1) is 7.05 Å². The molecular formula is C16H31ClN5O4P. The number of hydrogen-bond donors (Lipinski definition) is 2. The third kappa shape index (κ3) is 6.84. The SMILES string of the molecule is CC[C@@H](NP(=O)(N[C@H](CCl)C(C)C)OCc1cnc([N+](=O)[O-])n1C)C(C)C. The molecule has 0 amide bonds. The first kappa shape index (κ1) is 24.0. The minimum Gasteiger partial charge on any atom is -0.390 e. The van der Waals surface area contributed by atoms with Crippen molar-refractivity contribution in [1.29, 1.82) is 0 Å². The number of aromatic nitrogens is 2. The zero-order valence-electron chi connectivity index (χ0n) is 16.8. The summed E-state index contributed by atoms with van der Waals surface area (Å²) in [6, 6.07) is -0.233. The molecule has 1 rings (SSSR count). The first-order chi connectivity index (χ1) is 12.5. The summed E-state index contributed by atoms with van der Waals surface area (Å²) < 4.78 is 20.6. The van der Waals surface area contributed by atoms with Gasteiger partial charge in [-0.25, -0.2) is 14.7 Å². The Hall–Kier alpha value is -0.990. The van der Waals surface area contributed by atoms with Crippen LogP contribution in [-0.2, 0) is 22.7 Å². The van der Waals surface area contributed by atoms with E-state index in [-0.39, 0.29) is 42.4 Å². The van der Waals surface area contributed by atoms with E-state index in [1.165, 1.54) is 17.8 Å². The highest BCUT2D eigenvalue weighted by Crippen LogP contribution is 2.42. The summed E-state index contributed by atoms with van der Waals surface area (Å²) in [5.41, 5.74) is 0.454. The van der Waals surface area contributed by atoms with Crippen LogP contribution in [0.2, 0.25) is 0 Å². The smallest absolute Gasteiger partial charge is 0.390 e. The van der Waals surface area contributed by atoms with Crippen molar-refractivity contribution >= 4 is 25.2 Å². The highest BCUT2D eigenvalue weighted by Gasteiger charge is 2.32. The molecule has 156 valence electrons. The Balaban J connectivity index is 3.03. The van der Waals surface area contributed by atoms with E-state index < -0.39 is 12.6 Å². The lowest BCUT2D eigenvalue weighted by molar-refractivity contribution is -0.396. The molecule has 0 aliphatic carbocycles. The summed E-state index contributed by atoms with van der Waals surface area (Å²) in [7, 11) is -1.95. The predicted octanol–water partition coefficient (Wildman–Crippen LogP) is 3.83. The molecule has 9 nitrogen and oxygen atoms in total. The van der Waals surface area contributed by atoms with Gasteiger partial charge in [-0.2, -0.15) is 0 Å². The Morgan fingerprint density at radius 3 is 2.26 bits per heavy atom. The van der Waals surface area contributed by atoms with Crippen molar-refractivity contribution in [2.45, 2.75) is 59.7 Å². The summed E-state index contributed by atoms with van der Waals surface area (Å²) in [5, 5.41) is 17.1. The Morgan fingerprint density at radius 1 is 1.30 bits per heavy atom. The summed E-state index contributed by atoms with van der Waals surface area (Å²) >= 11 is 6.03. The zero-order valence-corrected chi connectivity index (χ0v) is 18.5. The van der Waals surface area contributed by atoms with E-state index in [4.69, 9.17) is 16.1 Å². The maximum atomic E-state index is 13.5. The normalized spacial score (nSPS) is 16.5. The molecule has 1 aromatic rings. The second-order valence-electron chi connectivity index (χ2n) is 7.21. The zero-order chi connectivity index (χ0) is 20.8. The van der Waals surface area contributed by atoms with Crippen molar-refractivity contribution in [1.82, 2.24) is 19.7 Å². The molecule has 0 saturated carbocycles. The van der Waals surface area contributed by atoms with Gasteiger partial charge in [-0.3, -0.25) is 9.09 Å². The molecule has 11 heteroatoms. The summed E-state index contributed by atoms with van der Waals surface area (Å²) in [4.78, 5) is 14.1. The predicted molar refractivity (Wildman–Crippen MR) is 107 cm³/mol. The molecule has 0 aliphatic rings. The van der Waals surface area contributed by atoms with Gasteiger partial charge in [-0.1, -0.05) is 39.6 Å². The largest absolute Gasteiger partial charge is 0.434 e. The number of nitrogens with zero attached hydrogens (tertiary/aromatic N) is 3. The second kappa shape index (κ2) is 10.5. The molecule has 27 heavy (non-hydrogen) atoms. The fourth-order valence-electron chi connectivity index (χ4n) is 2.52. The van der Waals surface area contributed by atoms with E-state index in [9.17, 15) is 14.7 Å². The van der Waals surface area contributed by atoms with Crippen molar-refractivity contribution in [2.75, 3.05) is 5.88 Å². The second-order valence-corrected chi connectivity index (χ2v) is 9.40. The van der Waals surface area contributed by atoms with Gasteiger partial charge in [0.2, 0.25) is 0 Å². The summed E-state index contributed by atoms with van der Waals surface area (Å²) in [5.74, 6) is 0.388. The lowest BCUT2D eigenvalue weighted by Crippen LogP contribution is -2.41. The van der Waals surface area contributed by atoms with Gasteiger partial charge >= 0.3 is 13.6 Å². The van der Waals surface area contributed by atoms with Gasteiger partial charge < -0.3 is 10.1 Å². The molecule has 1 heterocycles. The average Bonchev–Trinajstić information content (AvgIpc) is 2.96. The standard InChI is InChI=1S/C16H31ClN5O4P/c1-7-14(11(2)3)19-27(25,20-15(8-17)12(4)5)26-10-13-9-18-16(21(13)6)22(23)24/h9,11-12,14-15H,7-8,10H2,1-6H3,(H2,19,20,25)/t14-,15-,27?/m1/s1.